The van der Waals surface area contributed by atoms with Crippen molar-refractivity contribution in [3.05, 3.63) is 34.3 Å². The summed E-state index contributed by atoms with van der Waals surface area (Å²) in [5.41, 5.74) is 2.66. The van der Waals surface area contributed by atoms with Gasteiger partial charge >= 0.3 is 5.76 Å². The second-order valence-corrected chi connectivity index (χ2v) is 4.48. The fourth-order valence-corrected chi connectivity index (χ4v) is 1.93. The molecule has 0 unspecified atom stereocenters. The third-order valence-corrected chi connectivity index (χ3v) is 2.99. The van der Waals surface area contributed by atoms with Crippen molar-refractivity contribution in [2.45, 2.75) is 6.42 Å². The van der Waals surface area contributed by atoms with Crippen LogP contribution in [0.3, 0.4) is 0 Å². The van der Waals surface area contributed by atoms with Crippen molar-refractivity contribution in [2.24, 2.45) is 7.05 Å². The normalized spacial score (nSPS) is 11.6. The van der Waals surface area contributed by atoms with Gasteiger partial charge in [-0.2, -0.15) is 0 Å². The largest absolute Gasteiger partial charge is 0.419 e. The minimum absolute atomic E-state index is 0.321. The van der Waals surface area contributed by atoms with E-state index in [0.717, 1.165) is 18.5 Å². The molecule has 0 spiro atoms. The zero-order valence-corrected chi connectivity index (χ0v) is 11.0. The highest BCUT2D eigenvalue weighted by molar-refractivity contribution is 5.73. The minimum atomic E-state index is -0.321. The van der Waals surface area contributed by atoms with Crippen molar-refractivity contribution in [3.8, 4) is 0 Å². The molecule has 2 rings (SSSR count). The van der Waals surface area contributed by atoms with E-state index < -0.39 is 0 Å². The van der Waals surface area contributed by atoms with Gasteiger partial charge in [0.15, 0.2) is 5.58 Å². The number of rotatable bonds is 5. The molecule has 5 heteroatoms. The van der Waals surface area contributed by atoms with E-state index in [2.05, 4.69) is 4.90 Å². The highest BCUT2D eigenvalue weighted by Crippen LogP contribution is 2.14. The van der Waals surface area contributed by atoms with Gasteiger partial charge in [-0.05, 0) is 31.2 Å². The van der Waals surface area contributed by atoms with Gasteiger partial charge in [-0.1, -0.05) is 6.07 Å². The first kappa shape index (κ1) is 12.9. The van der Waals surface area contributed by atoms with Gasteiger partial charge in [-0.3, -0.25) is 9.47 Å². The quantitative estimate of drug-likeness (QED) is 0.748. The Morgan fingerprint density at radius 1 is 1.44 bits per heavy atom. The molecule has 5 nitrogen and oxygen atoms in total. The van der Waals surface area contributed by atoms with E-state index in [4.69, 9.17) is 9.15 Å². The van der Waals surface area contributed by atoms with E-state index in [9.17, 15) is 4.79 Å². The summed E-state index contributed by atoms with van der Waals surface area (Å²) in [5.74, 6) is -0.321. The summed E-state index contributed by atoms with van der Waals surface area (Å²) in [6.45, 7) is 1.53. The molecule has 0 aliphatic rings. The summed E-state index contributed by atoms with van der Waals surface area (Å²) < 4.78 is 11.7. The van der Waals surface area contributed by atoms with Gasteiger partial charge in [0.05, 0.1) is 12.2 Å². The average molecular weight is 250 g/mol. The van der Waals surface area contributed by atoms with Crippen LogP contribution in [0, 0.1) is 0 Å². The maximum absolute atomic E-state index is 11.4. The highest BCUT2D eigenvalue weighted by Gasteiger charge is 2.06. The number of aryl methyl sites for hydroxylation is 1. The van der Waals surface area contributed by atoms with Gasteiger partial charge < -0.3 is 9.15 Å². The molecule has 0 atom stereocenters. The summed E-state index contributed by atoms with van der Waals surface area (Å²) in [4.78, 5) is 13.5. The molecule has 18 heavy (non-hydrogen) atoms. The van der Waals surface area contributed by atoms with Gasteiger partial charge in [-0.15, -0.1) is 0 Å². The predicted octanol–water partition coefficient (Wildman–Crippen LogP) is 1.21. The van der Waals surface area contributed by atoms with E-state index in [-0.39, 0.29) is 5.76 Å². The number of ether oxygens (including phenoxy) is 1. The Hall–Kier alpha value is -1.59. The molecule has 0 radical (unpaired) electrons. The smallest absolute Gasteiger partial charge is 0.408 e. The number of likely N-dealkylation sites (N-methyl/N-ethyl adjacent to an activating group) is 1. The maximum Gasteiger partial charge on any atom is 0.419 e. The van der Waals surface area contributed by atoms with Crippen molar-refractivity contribution in [1.82, 2.24) is 9.47 Å². The molecule has 0 bridgehead atoms. The Balaban J connectivity index is 2.15. The summed E-state index contributed by atoms with van der Waals surface area (Å²) in [6.07, 6.45) is 0.912. The van der Waals surface area contributed by atoms with Gasteiger partial charge in [0.2, 0.25) is 0 Å². The van der Waals surface area contributed by atoms with E-state index in [1.807, 2.05) is 25.2 Å². The lowest BCUT2D eigenvalue weighted by molar-refractivity contribution is 0.0827. The number of fused-ring (bicyclic) bond motifs is 1. The number of methoxy groups -OCH3 is 1. The van der Waals surface area contributed by atoms with E-state index >= 15 is 0 Å². The summed E-state index contributed by atoms with van der Waals surface area (Å²) >= 11 is 0. The highest BCUT2D eigenvalue weighted by atomic mass is 16.5. The topological polar surface area (TPSA) is 47.6 Å². The maximum atomic E-state index is 11.4. The Labute approximate surface area is 106 Å². The van der Waals surface area contributed by atoms with Crippen LogP contribution in [0.2, 0.25) is 0 Å². The van der Waals surface area contributed by atoms with Crippen LogP contribution in [-0.4, -0.2) is 36.9 Å². The molecule has 0 N–H and O–H groups in total. The number of oxazole rings is 1. The monoisotopic (exact) mass is 250 g/mol. The molecule has 0 amide bonds. The van der Waals surface area contributed by atoms with Gasteiger partial charge in [0.1, 0.15) is 0 Å². The Morgan fingerprint density at radius 3 is 2.94 bits per heavy atom. The molecule has 98 valence electrons. The molecular weight excluding hydrogens is 232 g/mol. The summed E-state index contributed by atoms with van der Waals surface area (Å²) in [7, 11) is 5.41. The first-order chi connectivity index (χ1) is 8.61. The second-order valence-electron chi connectivity index (χ2n) is 4.48. The van der Waals surface area contributed by atoms with Gasteiger partial charge in [-0.25, -0.2) is 4.79 Å². The summed E-state index contributed by atoms with van der Waals surface area (Å²) in [6, 6.07) is 5.84. The molecule has 2 aromatic rings. The lowest BCUT2D eigenvalue weighted by Crippen LogP contribution is -2.23. The third-order valence-electron chi connectivity index (χ3n) is 2.99. The second kappa shape index (κ2) is 5.37. The molecule has 0 aliphatic heterocycles. The van der Waals surface area contributed by atoms with Crippen LogP contribution in [0.25, 0.3) is 11.1 Å². The molecular formula is C13H18N2O3. The van der Waals surface area contributed by atoms with Crippen molar-refractivity contribution < 1.29 is 9.15 Å². The average Bonchev–Trinajstić information content (AvgIpc) is 2.63. The van der Waals surface area contributed by atoms with E-state index in [0.29, 0.717) is 12.3 Å². The molecule has 1 heterocycles. The first-order valence-electron chi connectivity index (χ1n) is 5.87. The van der Waals surface area contributed by atoms with Crippen molar-refractivity contribution in [3.63, 3.8) is 0 Å². The lowest BCUT2D eigenvalue weighted by atomic mass is 10.1. The van der Waals surface area contributed by atoms with Gasteiger partial charge in [0, 0.05) is 20.7 Å². The molecule has 1 aromatic heterocycles. The third kappa shape index (κ3) is 2.63. The number of aromatic nitrogens is 1. The Morgan fingerprint density at radius 2 is 2.22 bits per heavy atom. The fraction of sp³-hybridized carbons (Fsp3) is 0.462. The van der Waals surface area contributed by atoms with Crippen LogP contribution in [0.4, 0.5) is 0 Å². The molecule has 0 saturated heterocycles. The van der Waals surface area contributed by atoms with E-state index in [1.165, 1.54) is 10.1 Å². The number of nitrogens with zero attached hydrogens (tertiary/aromatic N) is 2. The van der Waals surface area contributed by atoms with Crippen LogP contribution < -0.4 is 5.76 Å². The van der Waals surface area contributed by atoms with Crippen LogP contribution in [0.1, 0.15) is 5.56 Å². The van der Waals surface area contributed by atoms with Crippen molar-refractivity contribution in [1.29, 1.82) is 0 Å². The molecule has 0 aliphatic carbocycles. The van der Waals surface area contributed by atoms with Crippen LogP contribution >= 0.6 is 0 Å². The van der Waals surface area contributed by atoms with Crippen molar-refractivity contribution in [2.75, 3.05) is 27.4 Å². The van der Waals surface area contributed by atoms with Crippen LogP contribution in [0.5, 0.6) is 0 Å². The number of benzene rings is 1. The lowest BCUT2D eigenvalue weighted by Gasteiger charge is -2.14. The Bertz CT molecular complexity index is 585. The predicted molar refractivity (Wildman–Crippen MR) is 69.7 cm³/mol. The fourth-order valence-electron chi connectivity index (χ4n) is 1.93. The van der Waals surface area contributed by atoms with Crippen molar-refractivity contribution >= 4 is 11.1 Å². The molecule has 1 aromatic carbocycles. The standard InChI is InChI=1S/C13H18N2O3/c1-14(9-17-3)7-6-10-4-5-12-11(8-10)15(2)13(16)18-12/h4-5,8H,6-7,9H2,1-3H3. The molecule has 0 fully saturated rings. The SMILES string of the molecule is COCN(C)CCc1ccc2oc(=O)n(C)c2c1. The van der Waals surface area contributed by atoms with Gasteiger partial charge in [0.25, 0.3) is 0 Å². The van der Waals surface area contributed by atoms with E-state index in [1.54, 1.807) is 14.2 Å². The summed E-state index contributed by atoms with van der Waals surface area (Å²) in [5, 5.41) is 0. The zero-order chi connectivity index (χ0) is 13.1. The number of hydrogen-bond donors (Lipinski definition) is 0. The minimum Gasteiger partial charge on any atom is -0.408 e. The number of hydrogen-bond acceptors (Lipinski definition) is 4. The van der Waals surface area contributed by atoms with Crippen LogP contribution in [0.15, 0.2) is 27.4 Å². The van der Waals surface area contributed by atoms with Crippen LogP contribution in [-0.2, 0) is 18.2 Å². The Kier molecular flexibility index (Phi) is 3.84. The molecule has 0 saturated carbocycles. The zero-order valence-electron chi connectivity index (χ0n) is 11.0. The first-order valence-corrected chi connectivity index (χ1v) is 5.87.